The maximum atomic E-state index is 14.6. The van der Waals surface area contributed by atoms with E-state index in [9.17, 15) is 18.8 Å². The zero-order valence-corrected chi connectivity index (χ0v) is 22.4. The summed E-state index contributed by atoms with van der Waals surface area (Å²) in [4.78, 5) is 45.6. The predicted octanol–water partition coefficient (Wildman–Crippen LogP) is 7.45. The van der Waals surface area contributed by atoms with Gasteiger partial charge in [0.2, 0.25) is 0 Å². The number of nitrogens with zero attached hydrogens (tertiary/aromatic N) is 1. The third kappa shape index (κ3) is 3.28. The van der Waals surface area contributed by atoms with Gasteiger partial charge in [-0.2, -0.15) is 0 Å². The fourth-order valence-corrected chi connectivity index (χ4v) is 7.18. The number of carbonyl (C=O) groups is 3. The molecule has 0 N–H and O–H groups in total. The van der Waals surface area contributed by atoms with E-state index >= 15 is 0 Å². The Balaban J connectivity index is 1.56. The van der Waals surface area contributed by atoms with E-state index in [-0.39, 0.29) is 17.3 Å². The van der Waals surface area contributed by atoms with Crippen LogP contribution in [0.15, 0.2) is 97.1 Å². The van der Waals surface area contributed by atoms with E-state index in [4.69, 9.17) is 23.2 Å². The fraction of sp³-hybridized carbons (Fsp3) is 0.121. The number of hydrogen-bond acceptors (Lipinski definition) is 4. The first-order valence-electron chi connectivity index (χ1n) is 12.8. The first-order chi connectivity index (χ1) is 19.3. The Morgan fingerprint density at radius 2 is 1.48 bits per heavy atom. The molecule has 4 aromatic carbocycles. The minimum absolute atomic E-state index is 0.300. The predicted molar refractivity (Wildman–Crippen MR) is 153 cm³/mol. The highest BCUT2D eigenvalue weighted by atomic mass is 35.5. The van der Waals surface area contributed by atoms with Crippen molar-refractivity contribution in [3.05, 3.63) is 141 Å². The lowest BCUT2D eigenvalue weighted by Gasteiger charge is -2.37. The lowest BCUT2D eigenvalue weighted by atomic mass is 9.64. The van der Waals surface area contributed by atoms with Crippen molar-refractivity contribution in [1.29, 1.82) is 0 Å². The van der Waals surface area contributed by atoms with Gasteiger partial charge in [0.25, 0.3) is 0 Å². The van der Waals surface area contributed by atoms with E-state index in [0.717, 1.165) is 0 Å². The standard InChI is InChI=1S/C33H20Cl2FNO3/c34-20-12-9-18(10-13-20)30(38)29-28(24-7-3-4-8-25(24)35)33(31(39)22-5-1-2-6-23(22)32(33)40)27-16-11-19-17-21(36)14-15-26(19)37(27)29/h1-17,27-29H/t27-,28-,29-/m0/s1. The quantitative estimate of drug-likeness (QED) is 0.190. The van der Waals surface area contributed by atoms with Crippen molar-refractivity contribution in [2.45, 2.75) is 18.0 Å². The van der Waals surface area contributed by atoms with E-state index in [1.165, 1.54) is 12.1 Å². The molecule has 3 aliphatic rings. The largest absolute Gasteiger partial charge is 0.352 e. The smallest absolute Gasteiger partial charge is 0.185 e. The summed E-state index contributed by atoms with van der Waals surface area (Å²) in [6.07, 6.45) is 3.48. The Labute approximate surface area is 239 Å². The SMILES string of the molecule is O=C(c1ccc(Cl)cc1)[C@@H]1[C@H](c2ccccc2Cl)C2(C(=O)c3ccccc3C2=O)[C@@H]2C=Cc3cc(F)ccc3N12. The van der Waals surface area contributed by atoms with Gasteiger partial charge in [0.1, 0.15) is 17.3 Å². The van der Waals surface area contributed by atoms with E-state index in [0.29, 0.717) is 43.5 Å². The summed E-state index contributed by atoms with van der Waals surface area (Å²) < 4.78 is 14.3. The number of hydrogen-bond donors (Lipinski definition) is 0. The molecule has 0 amide bonds. The molecule has 1 aliphatic carbocycles. The van der Waals surface area contributed by atoms with Crippen molar-refractivity contribution >= 4 is 52.3 Å². The third-order valence-corrected chi connectivity index (χ3v) is 9.00. The molecule has 1 fully saturated rings. The molecule has 0 aromatic heterocycles. The minimum Gasteiger partial charge on any atom is -0.352 e. The van der Waals surface area contributed by atoms with Crippen LogP contribution in [0.1, 0.15) is 48.1 Å². The summed E-state index contributed by atoms with van der Waals surface area (Å²) in [7, 11) is 0. The van der Waals surface area contributed by atoms with Crippen LogP contribution in [0.4, 0.5) is 10.1 Å². The van der Waals surface area contributed by atoms with Crippen molar-refractivity contribution in [2.24, 2.45) is 5.41 Å². The van der Waals surface area contributed by atoms with Crippen LogP contribution in [0, 0.1) is 11.2 Å². The van der Waals surface area contributed by atoms with Gasteiger partial charge in [-0.1, -0.05) is 77.8 Å². The summed E-state index contributed by atoms with van der Waals surface area (Å²) in [6.45, 7) is 0. The molecule has 0 unspecified atom stereocenters. The van der Waals surface area contributed by atoms with Crippen LogP contribution < -0.4 is 4.90 Å². The van der Waals surface area contributed by atoms with Gasteiger partial charge >= 0.3 is 0 Å². The van der Waals surface area contributed by atoms with Crippen molar-refractivity contribution in [2.75, 3.05) is 4.90 Å². The molecule has 2 aliphatic heterocycles. The molecule has 0 radical (unpaired) electrons. The van der Waals surface area contributed by atoms with Crippen molar-refractivity contribution in [1.82, 2.24) is 0 Å². The van der Waals surface area contributed by atoms with Gasteiger partial charge in [0.15, 0.2) is 17.3 Å². The van der Waals surface area contributed by atoms with Gasteiger partial charge < -0.3 is 4.90 Å². The number of halogens is 3. The monoisotopic (exact) mass is 567 g/mol. The average molecular weight is 568 g/mol. The molecule has 40 heavy (non-hydrogen) atoms. The van der Waals surface area contributed by atoms with Gasteiger partial charge in [-0.05, 0) is 54.1 Å². The van der Waals surface area contributed by atoms with Gasteiger partial charge in [-0.25, -0.2) is 4.39 Å². The number of rotatable bonds is 3. The maximum absolute atomic E-state index is 14.6. The van der Waals surface area contributed by atoms with Crippen LogP contribution in [0.2, 0.25) is 10.0 Å². The zero-order chi connectivity index (χ0) is 27.8. The molecule has 1 spiro atoms. The minimum atomic E-state index is -1.68. The highest BCUT2D eigenvalue weighted by molar-refractivity contribution is 6.34. The first kappa shape index (κ1) is 24.9. The van der Waals surface area contributed by atoms with Crippen LogP contribution in [0.25, 0.3) is 6.08 Å². The molecule has 0 bridgehead atoms. The summed E-state index contributed by atoms with van der Waals surface area (Å²) >= 11 is 12.9. The molecule has 0 saturated carbocycles. The summed E-state index contributed by atoms with van der Waals surface area (Å²) in [5, 5.41) is 0.818. The van der Waals surface area contributed by atoms with Crippen LogP contribution in [0.5, 0.6) is 0 Å². The molecule has 7 heteroatoms. The zero-order valence-electron chi connectivity index (χ0n) is 20.9. The lowest BCUT2D eigenvalue weighted by molar-refractivity contribution is 0.0666. The van der Waals surface area contributed by atoms with E-state index in [2.05, 4.69) is 0 Å². The van der Waals surface area contributed by atoms with Gasteiger partial charge in [-0.3, -0.25) is 14.4 Å². The maximum Gasteiger partial charge on any atom is 0.185 e. The van der Waals surface area contributed by atoms with Crippen LogP contribution >= 0.6 is 23.2 Å². The number of Topliss-reactive ketones (excluding diaryl/α,β-unsaturated/α-hetero) is 3. The summed E-state index contributed by atoms with van der Waals surface area (Å²) in [6, 6.07) is 22.8. The Hall–Kier alpha value is -4.06. The fourth-order valence-electron chi connectivity index (χ4n) is 6.80. The van der Waals surface area contributed by atoms with Crippen molar-refractivity contribution in [3.8, 4) is 0 Å². The van der Waals surface area contributed by atoms with Gasteiger partial charge in [-0.15, -0.1) is 0 Å². The molecule has 3 atom stereocenters. The number of ketones is 3. The number of benzene rings is 4. The second-order valence-corrected chi connectivity index (χ2v) is 11.1. The Morgan fingerprint density at radius 1 is 0.825 bits per heavy atom. The molecule has 196 valence electrons. The van der Waals surface area contributed by atoms with Crippen molar-refractivity contribution < 1.29 is 18.8 Å². The number of fused-ring (bicyclic) bond motifs is 5. The molecule has 4 aromatic rings. The van der Waals surface area contributed by atoms with E-state index in [1.807, 2.05) is 4.90 Å². The lowest BCUT2D eigenvalue weighted by Crippen LogP contribution is -2.48. The summed E-state index contributed by atoms with van der Waals surface area (Å²) in [5.41, 5.74) is 0.977. The van der Waals surface area contributed by atoms with E-state index in [1.54, 1.807) is 91.0 Å². The normalized spacial score (nSPS) is 21.9. The first-order valence-corrected chi connectivity index (χ1v) is 13.6. The van der Waals surface area contributed by atoms with Crippen LogP contribution in [0.3, 0.4) is 0 Å². The highest BCUT2D eigenvalue weighted by Crippen LogP contribution is 2.61. The Morgan fingerprint density at radius 3 is 2.15 bits per heavy atom. The van der Waals surface area contributed by atoms with Crippen LogP contribution in [-0.2, 0) is 0 Å². The molecule has 4 nitrogen and oxygen atoms in total. The molecule has 2 heterocycles. The van der Waals surface area contributed by atoms with Gasteiger partial charge in [0, 0.05) is 43.9 Å². The summed E-state index contributed by atoms with van der Waals surface area (Å²) in [5.74, 6) is -2.38. The van der Waals surface area contributed by atoms with Crippen LogP contribution in [-0.4, -0.2) is 29.4 Å². The topological polar surface area (TPSA) is 54.5 Å². The highest BCUT2D eigenvalue weighted by Gasteiger charge is 2.71. The average Bonchev–Trinajstić information content (AvgIpc) is 3.39. The Kier molecular flexibility index (Phi) is 5.60. The molecular weight excluding hydrogens is 548 g/mol. The number of anilines is 1. The van der Waals surface area contributed by atoms with E-state index < -0.39 is 29.2 Å². The van der Waals surface area contributed by atoms with Crippen molar-refractivity contribution in [3.63, 3.8) is 0 Å². The third-order valence-electron chi connectivity index (χ3n) is 8.40. The molecule has 7 rings (SSSR count). The second kappa shape index (κ2) is 8.98. The molecule has 1 saturated heterocycles. The molecular formula is C33H20Cl2FNO3. The second-order valence-electron chi connectivity index (χ2n) is 10.3. The number of carbonyl (C=O) groups excluding carboxylic acids is 3. The Bertz CT molecular complexity index is 1750. The van der Waals surface area contributed by atoms with Gasteiger partial charge in [0.05, 0.1) is 6.04 Å².